The van der Waals surface area contributed by atoms with Gasteiger partial charge >= 0.3 is 5.97 Å². The molecule has 0 spiro atoms. The number of carbonyl (C=O) groups is 2. The van der Waals surface area contributed by atoms with Crippen LogP contribution in [0.2, 0.25) is 0 Å². The van der Waals surface area contributed by atoms with Crippen LogP contribution in [0.15, 0.2) is 40.8 Å². The van der Waals surface area contributed by atoms with E-state index in [4.69, 9.17) is 9.52 Å². The van der Waals surface area contributed by atoms with Gasteiger partial charge in [-0.15, -0.1) is 0 Å². The highest BCUT2D eigenvalue weighted by molar-refractivity contribution is 5.93. The van der Waals surface area contributed by atoms with Crippen molar-refractivity contribution in [3.8, 4) is 11.3 Å². The van der Waals surface area contributed by atoms with Crippen LogP contribution in [-0.2, 0) is 4.79 Å². The maximum atomic E-state index is 11.7. The molecule has 2 N–H and O–H groups in total. The Morgan fingerprint density at radius 3 is 2.67 bits per heavy atom. The maximum Gasteiger partial charge on any atom is 0.322 e. The molecule has 21 heavy (non-hydrogen) atoms. The molecule has 1 aromatic carbocycles. The highest BCUT2D eigenvalue weighted by atomic mass is 16.4. The molecule has 0 saturated heterocycles. The third-order valence-electron chi connectivity index (χ3n) is 3.07. The van der Waals surface area contributed by atoms with E-state index in [-0.39, 0.29) is 5.76 Å². The van der Waals surface area contributed by atoms with E-state index in [1.807, 2.05) is 24.3 Å². The minimum absolute atomic E-state index is 0.0983. The molecule has 0 bridgehead atoms. The predicted octanol–water partition coefficient (Wildman–Crippen LogP) is 2.88. The predicted molar refractivity (Wildman–Crippen MR) is 78.2 cm³/mol. The minimum atomic E-state index is -1.10. The molecule has 0 aliphatic heterocycles. The van der Waals surface area contributed by atoms with Crippen LogP contribution in [0.3, 0.4) is 0 Å². The number of hydrogen-bond donors (Lipinski definition) is 2. The Balaban J connectivity index is 2.18. The Morgan fingerprint density at radius 2 is 2.00 bits per heavy atom. The summed E-state index contributed by atoms with van der Waals surface area (Å²) in [6.07, 6.45) is 0. The lowest BCUT2D eigenvalue weighted by molar-refractivity contribution is -0.135. The number of carboxylic acids is 1. The minimum Gasteiger partial charge on any atom is -0.480 e. The molecule has 2 rings (SSSR count). The average molecular weight is 287 g/mol. The van der Waals surface area contributed by atoms with Crippen molar-refractivity contribution in [3.05, 3.63) is 47.7 Å². The van der Waals surface area contributed by atoms with Gasteiger partial charge in [-0.05, 0) is 29.7 Å². The number of nitrogens with one attached hydrogen (secondary N) is 1. The van der Waals surface area contributed by atoms with E-state index in [1.54, 1.807) is 6.07 Å². The van der Waals surface area contributed by atoms with Gasteiger partial charge in [-0.2, -0.15) is 0 Å². The number of aliphatic carboxylic acids is 1. The first-order chi connectivity index (χ1) is 9.97. The molecule has 1 heterocycles. The molecule has 1 aromatic heterocycles. The zero-order valence-corrected chi connectivity index (χ0v) is 11.9. The van der Waals surface area contributed by atoms with E-state index in [1.165, 1.54) is 11.6 Å². The third kappa shape index (κ3) is 3.72. The van der Waals surface area contributed by atoms with Gasteiger partial charge < -0.3 is 14.8 Å². The van der Waals surface area contributed by atoms with Crippen LogP contribution >= 0.6 is 0 Å². The van der Waals surface area contributed by atoms with Crippen LogP contribution in [0.4, 0.5) is 0 Å². The first kappa shape index (κ1) is 14.8. The Hall–Kier alpha value is -2.56. The highest BCUT2D eigenvalue weighted by Crippen LogP contribution is 2.25. The summed E-state index contributed by atoms with van der Waals surface area (Å²) in [5.41, 5.74) is 2.07. The molecule has 0 fully saturated rings. The molecule has 2 aromatic rings. The van der Waals surface area contributed by atoms with Gasteiger partial charge in [-0.25, -0.2) is 0 Å². The van der Waals surface area contributed by atoms with Gasteiger partial charge in [0.15, 0.2) is 5.76 Å². The van der Waals surface area contributed by atoms with Crippen LogP contribution in [0.5, 0.6) is 0 Å². The van der Waals surface area contributed by atoms with Crippen molar-refractivity contribution in [1.82, 2.24) is 5.32 Å². The Bertz CT molecular complexity index is 658. The monoisotopic (exact) mass is 287 g/mol. The summed E-state index contributed by atoms with van der Waals surface area (Å²) in [5.74, 6) is -0.555. The van der Waals surface area contributed by atoms with Crippen LogP contribution in [0.1, 0.15) is 35.9 Å². The number of hydrogen-bond acceptors (Lipinski definition) is 3. The fraction of sp³-hybridized carbons (Fsp3) is 0.250. The summed E-state index contributed by atoms with van der Waals surface area (Å²) in [6, 6.07) is 11.1. The highest BCUT2D eigenvalue weighted by Gasteiger charge is 2.13. The second-order valence-electron chi connectivity index (χ2n) is 5.02. The van der Waals surface area contributed by atoms with Crippen molar-refractivity contribution in [1.29, 1.82) is 0 Å². The van der Waals surface area contributed by atoms with E-state index < -0.39 is 18.4 Å². The largest absolute Gasteiger partial charge is 0.480 e. The quantitative estimate of drug-likeness (QED) is 0.886. The van der Waals surface area contributed by atoms with Gasteiger partial charge in [0.05, 0.1) is 0 Å². The first-order valence-electron chi connectivity index (χ1n) is 6.67. The van der Waals surface area contributed by atoms with Gasteiger partial charge in [0.25, 0.3) is 5.91 Å². The molecule has 0 unspecified atom stereocenters. The molecule has 0 aliphatic carbocycles. The SMILES string of the molecule is CC(C)c1cccc(-c2ccc(C(=O)NCC(=O)O)o2)c1. The lowest BCUT2D eigenvalue weighted by Crippen LogP contribution is -2.28. The average Bonchev–Trinajstić information content (AvgIpc) is 2.94. The van der Waals surface area contributed by atoms with Crippen molar-refractivity contribution in [2.45, 2.75) is 19.8 Å². The van der Waals surface area contributed by atoms with Crippen molar-refractivity contribution in [3.63, 3.8) is 0 Å². The summed E-state index contributed by atoms with van der Waals surface area (Å²) < 4.78 is 5.49. The van der Waals surface area contributed by atoms with Gasteiger partial charge in [-0.1, -0.05) is 32.0 Å². The fourth-order valence-corrected chi connectivity index (χ4v) is 1.91. The summed E-state index contributed by atoms with van der Waals surface area (Å²) >= 11 is 0. The zero-order chi connectivity index (χ0) is 15.4. The number of carboxylic acid groups (broad SMARTS) is 1. The number of amides is 1. The van der Waals surface area contributed by atoms with Crippen molar-refractivity contribution in [2.75, 3.05) is 6.54 Å². The van der Waals surface area contributed by atoms with E-state index in [9.17, 15) is 9.59 Å². The number of benzene rings is 1. The van der Waals surface area contributed by atoms with Gasteiger partial charge in [0.2, 0.25) is 0 Å². The number of furan rings is 1. The fourth-order valence-electron chi connectivity index (χ4n) is 1.91. The van der Waals surface area contributed by atoms with Crippen LogP contribution in [0, 0.1) is 0 Å². The molecule has 5 nitrogen and oxygen atoms in total. The number of rotatable bonds is 5. The second kappa shape index (κ2) is 6.26. The molecule has 1 amide bonds. The normalized spacial score (nSPS) is 10.6. The Morgan fingerprint density at radius 1 is 1.24 bits per heavy atom. The molecule has 0 atom stereocenters. The Labute approximate surface area is 122 Å². The molecule has 0 saturated carbocycles. The smallest absolute Gasteiger partial charge is 0.322 e. The van der Waals surface area contributed by atoms with Gasteiger partial charge in [0, 0.05) is 5.56 Å². The molecule has 5 heteroatoms. The Kier molecular flexibility index (Phi) is 4.42. The van der Waals surface area contributed by atoms with Gasteiger partial charge in [0.1, 0.15) is 12.3 Å². The van der Waals surface area contributed by atoms with E-state index in [0.29, 0.717) is 11.7 Å². The summed E-state index contributed by atoms with van der Waals surface area (Å²) in [6.45, 7) is 3.77. The summed E-state index contributed by atoms with van der Waals surface area (Å²) in [4.78, 5) is 22.1. The van der Waals surface area contributed by atoms with Crippen molar-refractivity contribution in [2.24, 2.45) is 0 Å². The lowest BCUT2D eigenvalue weighted by atomic mass is 10.0. The molecule has 0 aliphatic rings. The van der Waals surface area contributed by atoms with E-state index in [0.717, 1.165) is 5.56 Å². The van der Waals surface area contributed by atoms with Gasteiger partial charge in [-0.3, -0.25) is 9.59 Å². The van der Waals surface area contributed by atoms with Crippen LogP contribution in [-0.4, -0.2) is 23.5 Å². The third-order valence-corrected chi connectivity index (χ3v) is 3.07. The zero-order valence-electron chi connectivity index (χ0n) is 11.9. The molecule has 110 valence electrons. The standard InChI is InChI=1S/C16H17NO4/c1-10(2)11-4-3-5-12(8-11)13-6-7-14(21-13)16(20)17-9-15(18)19/h3-8,10H,9H2,1-2H3,(H,17,20)(H,18,19). The van der Waals surface area contributed by atoms with Crippen LogP contribution in [0.25, 0.3) is 11.3 Å². The molecular formula is C16H17NO4. The van der Waals surface area contributed by atoms with Crippen LogP contribution < -0.4 is 5.32 Å². The first-order valence-corrected chi connectivity index (χ1v) is 6.67. The topological polar surface area (TPSA) is 79.5 Å². The van der Waals surface area contributed by atoms with E-state index in [2.05, 4.69) is 19.2 Å². The summed E-state index contributed by atoms with van der Waals surface area (Å²) in [7, 11) is 0. The van der Waals surface area contributed by atoms with Crippen molar-refractivity contribution < 1.29 is 19.1 Å². The lowest BCUT2D eigenvalue weighted by Gasteiger charge is -2.06. The maximum absolute atomic E-state index is 11.7. The van der Waals surface area contributed by atoms with E-state index >= 15 is 0 Å². The van der Waals surface area contributed by atoms with Crippen molar-refractivity contribution >= 4 is 11.9 Å². The molecule has 0 radical (unpaired) electrons. The molecular weight excluding hydrogens is 270 g/mol. The summed E-state index contributed by atoms with van der Waals surface area (Å²) in [5, 5.41) is 10.8. The number of carbonyl (C=O) groups excluding carboxylic acids is 1. The second-order valence-corrected chi connectivity index (χ2v) is 5.02.